The van der Waals surface area contributed by atoms with Crippen molar-refractivity contribution in [2.45, 2.75) is 44.6 Å². The molecule has 1 unspecified atom stereocenters. The number of rotatable bonds is 4. The van der Waals surface area contributed by atoms with Crippen LogP contribution in [0.2, 0.25) is 0 Å². The monoisotopic (exact) mass is 249 g/mol. The second-order valence-electron chi connectivity index (χ2n) is 5.56. The van der Waals surface area contributed by atoms with Crippen LogP contribution < -0.4 is 5.32 Å². The first-order chi connectivity index (χ1) is 8.93. The Labute approximate surface area is 109 Å². The van der Waals surface area contributed by atoms with E-state index in [1.807, 2.05) is 6.20 Å². The molecular weight excluding hydrogens is 226 g/mol. The van der Waals surface area contributed by atoms with Crippen LogP contribution in [-0.4, -0.2) is 29.3 Å². The number of anilines is 1. The SMILES string of the molecule is c1cn(C2CCCC2)c(NCC2CCCOC2)n1. The molecule has 0 aromatic carbocycles. The molecule has 0 radical (unpaired) electrons. The molecule has 100 valence electrons. The summed E-state index contributed by atoms with van der Waals surface area (Å²) in [6, 6.07) is 0.664. The second-order valence-corrected chi connectivity index (χ2v) is 5.56. The highest BCUT2D eigenvalue weighted by molar-refractivity contribution is 5.27. The Morgan fingerprint density at radius 2 is 2.17 bits per heavy atom. The number of aromatic nitrogens is 2. The van der Waals surface area contributed by atoms with Crippen LogP contribution in [0.25, 0.3) is 0 Å². The summed E-state index contributed by atoms with van der Waals surface area (Å²) in [5.41, 5.74) is 0. The Hall–Kier alpha value is -1.03. The van der Waals surface area contributed by atoms with Crippen molar-refractivity contribution in [3.8, 4) is 0 Å². The summed E-state index contributed by atoms with van der Waals surface area (Å²) in [6.07, 6.45) is 11.8. The molecule has 3 rings (SSSR count). The fourth-order valence-electron chi connectivity index (χ4n) is 3.13. The van der Waals surface area contributed by atoms with Gasteiger partial charge in [0.1, 0.15) is 0 Å². The number of hydrogen-bond acceptors (Lipinski definition) is 3. The molecule has 1 atom stereocenters. The van der Waals surface area contributed by atoms with Crippen LogP contribution in [0.15, 0.2) is 12.4 Å². The van der Waals surface area contributed by atoms with E-state index in [0.29, 0.717) is 12.0 Å². The molecule has 18 heavy (non-hydrogen) atoms. The zero-order valence-corrected chi connectivity index (χ0v) is 11.0. The zero-order valence-electron chi connectivity index (χ0n) is 11.0. The lowest BCUT2D eigenvalue weighted by atomic mass is 10.0. The maximum Gasteiger partial charge on any atom is 0.203 e. The fourth-order valence-corrected chi connectivity index (χ4v) is 3.13. The molecule has 1 aromatic rings. The van der Waals surface area contributed by atoms with Gasteiger partial charge in [0, 0.05) is 31.6 Å². The molecule has 1 saturated heterocycles. The lowest BCUT2D eigenvalue weighted by Gasteiger charge is -2.23. The van der Waals surface area contributed by atoms with Gasteiger partial charge in [0.25, 0.3) is 0 Å². The zero-order chi connectivity index (χ0) is 12.2. The van der Waals surface area contributed by atoms with Crippen molar-refractivity contribution in [2.24, 2.45) is 5.92 Å². The van der Waals surface area contributed by atoms with E-state index < -0.39 is 0 Å². The van der Waals surface area contributed by atoms with Gasteiger partial charge >= 0.3 is 0 Å². The van der Waals surface area contributed by atoms with Gasteiger partial charge < -0.3 is 14.6 Å². The van der Waals surface area contributed by atoms with E-state index in [2.05, 4.69) is 21.1 Å². The molecule has 1 aliphatic carbocycles. The van der Waals surface area contributed by atoms with Crippen LogP contribution in [0, 0.1) is 5.92 Å². The van der Waals surface area contributed by atoms with Gasteiger partial charge in [-0.05, 0) is 31.6 Å². The van der Waals surface area contributed by atoms with Crippen molar-refractivity contribution in [3.63, 3.8) is 0 Å². The number of nitrogens with zero attached hydrogens (tertiary/aromatic N) is 2. The summed E-state index contributed by atoms with van der Waals surface area (Å²) in [7, 11) is 0. The Bertz CT molecular complexity index is 365. The lowest BCUT2D eigenvalue weighted by Crippen LogP contribution is -2.25. The third-order valence-corrected chi connectivity index (χ3v) is 4.19. The van der Waals surface area contributed by atoms with E-state index in [1.165, 1.54) is 38.5 Å². The van der Waals surface area contributed by atoms with E-state index in [0.717, 1.165) is 25.7 Å². The molecule has 0 spiro atoms. The van der Waals surface area contributed by atoms with Gasteiger partial charge in [-0.2, -0.15) is 0 Å². The molecule has 2 aliphatic rings. The first-order valence-corrected chi connectivity index (χ1v) is 7.28. The van der Waals surface area contributed by atoms with Crippen LogP contribution in [-0.2, 0) is 4.74 Å². The Kier molecular flexibility index (Phi) is 3.84. The predicted molar refractivity (Wildman–Crippen MR) is 71.8 cm³/mol. The molecule has 1 saturated carbocycles. The quantitative estimate of drug-likeness (QED) is 0.892. The summed E-state index contributed by atoms with van der Waals surface area (Å²) in [6.45, 7) is 2.83. The van der Waals surface area contributed by atoms with Crippen LogP contribution in [0.3, 0.4) is 0 Å². The molecule has 1 aromatic heterocycles. The van der Waals surface area contributed by atoms with Crippen molar-refractivity contribution in [3.05, 3.63) is 12.4 Å². The molecule has 2 fully saturated rings. The second kappa shape index (κ2) is 5.74. The van der Waals surface area contributed by atoms with Crippen LogP contribution >= 0.6 is 0 Å². The minimum atomic E-state index is 0.646. The van der Waals surface area contributed by atoms with E-state index in [9.17, 15) is 0 Å². The third kappa shape index (κ3) is 2.69. The fraction of sp³-hybridized carbons (Fsp3) is 0.786. The molecule has 4 nitrogen and oxygen atoms in total. The van der Waals surface area contributed by atoms with E-state index in [1.54, 1.807) is 0 Å². The average Bonchev–Trinajstić information content (AvgIpc) is 3.08. The third-order valence-electron chi connectivity index (χ3n) is 4.19. The van der Waals surface area contributed by atoms with E-state index in [-0.39, 0.29) is 0 Å². The van der Waals surface area contributed by atoms with Gasteiger partial charge in [-0.15, -0.1) is 0 Å². The summed E-state index contributed by atoms with van der Waals surface area (Å²) in [4.78, 5) is 4.46. The van der Waals surface area contributed by atoms with Crippen molar-refractivity contribution in [1.29, 1.82) is 0 Å². The number of imidazole rings is 1. The molecule has 4 heteroatoms. The van der Waals surface area contributed by atoms with Gasteiger partial charge in [-0.1, -0.05) is 12.8 Å². The Balaban J connectivity index is 1.56. The molecule has 0 amide bonds. The highest BCUT2D eigenvalue weighted by Gasteiger charge is 2.20. The summed E-state index contributed by atoms with van der Waals surface area (Å²) in [5, 5.41) is 3.51. The normalized spacial score (nSPS) is 25.4. The van der Waals surface area contributed by atoms with Crippen molar-refractivity contribution < 1.29 is 4.74 Å². The van der Waals surface area contributed by atoms with Crippen molar-refractivity contribution in [2.75, 3.05) is 25.1 Å². The van der Waals surface area contributed by atoms with Crippen LogP contribution in [0.5, 0.6) is 0 Å². The van der Waals surface area contributed by atoms with Gasteiger partial charge in [0.05, 0.1) is 6.61 Å². The molecule has 1 aliphatic heterocycles. The number of nitrogens with one attached hydrogen (secondary N) is 1. The molecular formula is C14H23N3O. The van der Waals surface area contributed by atoms with Gasteiger partial charge in [0.2, 0.25) is 5.95 Å². The lowest BCUT2D eigenvalue weighted by molar-refractivity contribution is 0.0594. The maximum absolute atomic E-state index is 5.51. The van der Waals surface area contributed by atoms with Gasteiger partial charge in [-0.25, -0.2) is 4.98 Å². The molecule has 0 bridgehead atoms. The first kappa shape index (κ1) is 12.0. The predicted octanol–water partition coefficient (Wildman–Crippen LogP) is 2.84. The minimum Gasteiger partial charge on any atom is -0.381 e. The standard InChI is InChI=1S/C14H23N3O/c1-2-6-13(5-1)17-8-7-15-14(17)16-10-12-4-3-9-18-11-12/h7-8,12-13H,1-6,9-11H2,(H,15,16). The number of hydrogen-bond donors (Lipinski definition) is 1. The maximum atomic E-state index is 5.51. The summed E-state index contributed by atoms with van der Waals surface area (Å²) in [5.74, 6) is 1.69. The van der Waals surface area contributed by atoms with E-state index >= 15 is 0 Å². The van der Waals surface area contributed by atoms with Crippen molar-refractivity contribution in [1.82, 2.24) is 9.55 Å². The minimum absolute atomic E-state index is 0.646. The van der Waals surface area contributed by atoms with Crippen molar-refractivity contribution >= 4 is 5.95 Å². The smallest absolute Gasteiger partial charge is 0.203 e. The summed E-state index contributed by atoms with van der Waals surface area (Å²) < 4.78 is 7.84. The molecule has 1 N–H and O–H groups in total. The van der Waals surface area contributed by atoms with E-state index in [4.69, 9.17) is 4.74 Å². The Morgan fingerprint density at radius 1 is 1.28 bits per heavy atom. The molecule has 2 heterocycles. The van der Waals surface area contributed by atoms with Crippen LogP contribution in [0.4, 0.5) is 5.95 Å². The highest BCUT2D eigenvalue weighted by Crippen LogP contribution is 2.31. The summed E-state index contributed by atoms with van der Waals surface area (Å²) >= 11 is 0. The topological polar surface area (TPSA) is 39.1 Å². The van der Waals surface area contributed by atoms with Crippen LogP contribution in [0.1, 0.15) is 44.6 Å². The first-order valence-electron chi connectivity index (χ1n) is 7.28. The largest absolute Gasteiger partial charge is 0.381 e. The van der Waals surface area contributed by atoms with Gasteiger partial charge in [0.15, 0.2) is 0 Å². The highest BCUT2D eigenvalue weighted by atomic mass is 16.5. The Morgan fingerprint density at radius 3 is 2.94 bits per heavy atom. The van der Waals surface area contributed by atoms with Gasteiger partial charge in [-0.3, -0.25) is 0 Å². The number of ether oxygens (including phenoxy) is 1. The average molecular weight is 249 g/mol.